The Kier molecular flexibility index (Phi) is 5.44. The summed E-state index contributed by atoms with van der Waals surface area (Å²) in [5.74, 6) is -1.09. The summed E-state index contributed by atoms with van der Waals surface area (Å²) in [6, 6.07) is -0.0296. The summed E-state index contributed by atoms with van der Waals surface area (Å²) in [6.45, 7) is 1.37. The molecule has 1 atom stereocenters. The predicted molar refractivity (Wildman–Crippen MR) is 84.7 cm³/mol. The number of rotatable bonds is 5. The Hall–Kier alpha value is -1.96. The van der Waals surface area contributed by atoms with Crippen LogP contribution in [-0.2, 0) is 9.53 Å². The van der Waals surface area contributed by atoms with Crippen molar-refractivity contribution in [1.29, 1.82) is 0 Å². The van der Waals surface area contributed by atoms with E-state index in [0.29, 0.717) is 13.1 Å². The van der Waals surface area contributed by atoms with Crippen molar-refractivity contribution in [2.45, 2.75) is 57.1 Å². The lowest BCUT2D eigenvalue weighted by molar-refractivity contribution is -0.140. The standard InChI is InChI=1S/C16H24N4O4/c21-15(11-24-13-6-2-1-3-7-13)19-8-4-5-12(9-19)20-10-14(16(22)23)17-18-20/h10,12-13H,1-9,11H2,(H,22,23). The number of hydrogen-bond acceptors (Lipinski definition) is 5. The lowest BCUT2D eigenvalue weighted by atomic mass is 9.98. The van der Waals surface area contributed by atoms with Gasteiger partial charge in [0, 0.05) is 13.1 Å². The van der Waals surface area contributed by atoms with Crippen LogP contribution in [0, 0.1) is 0 Å². The van der Waals surface area contributed by atoms with Gasteiger partial charge in [-0.15, -0.1) is 5.10 Å². The maximum Gasteiger partial charge on any atom is 0.358 e. The number of amides is 1. The molecule has 1 N–H and O–H groups in total. The predicted octanol–water partition coefficient (Wildman–Crippen LogP) is 1.49. The van der Waals surface area contributed by atoms with Crippen LogP contribution in [0.1, 0.15) is 61.5 Å². The Morgan fingerprint density at radius 1 is 1.21 bits per heavy atom. The third-order valence-corrected chi connectivity index (χ3v) is 4.85. The van der Waals surface area contributed by atoms with Gasteiger partial charge in [0.05, 0.1) is 18.3 Å². The quantitative estimate of drug-likeness (QED) is 0.875. The molecule has 1 aliphatic carbocycles. The van der Waals surface area contributed by atoms with E-state index in [4.69, 9.17) is 9.84 Å². The lowest BCUT2D eigenvalue weighted by Gasteiger charge is -2.33. The minimum absolute atomic E-state index is 0.00356. The number of aromatic nitrogens is 3. The molecule has 0 aromatic carbocycles. The second-order valence-electron chi connectivity index (χ2n) is 6.60. The molecule has 1 unspecified atom stereocenters. The minimum atomic E-state index is -1.09. The molecule has 0 spiro atoms. The number of hydrogen-bond donors (Lipinski definition) is 1. The second kappa shape index (κ2) is 7.74. The largest absolute Gasteiger partial charge is 0.476 e. The molecule has 1 aromatic heterocycles. The summed E-state index contributed by atoms with van der Waals surface area (Å²) >= 11 is 0. The summed E-state index contributed by atoms with van der Waals surface area (Å²) in [6.07, 6.45) is 9.09. The summed E-state index contributed by atoms with van der Waals surface area (Å²) in [4.78, 5) is 25.1. The highest BCUT2D eigenvalue weighted by Crippen LogP contribution is 2.22. The molecule has 8 heteroatoms. The number of ether oxygens (including phenoxy) is 1. The van der Waals surface area contributed by atoms with E-state index in [-0.39, 0.29) is 30.4 Å². The van der Waals surface area contributed by atoms with Gasteiger partial charge in [0.15, 0.2) is 5.69 Å². The van der Waals surface area contributed by atoms with E-state index in [1.807, 2.05) is 0 Å². The number of likely N-dealkylation sites (tertiary alicyclic amines) is 1. The number of carbonyl (C=O) groups is 2. The zero-order valence-electron chi connectivity index (χ0n) is 13.8. The molecule has 3 rings (SSSR count). The van der Waals surface area contributed by atoms with Crippen LogP contribution in [0.25, 0.3) is 0 Å². The molecule has 0 bridgehead atoms. The van der Waals surface area contributed by atoms with Crippen molar-refractivity contribution < 1.29 is 19.4 Å². The number of piperidine rings is 1. The molecule has 1 saturated carbocycles. The molecular weight excluding hydrogens is 312 g/mol. The van der Waals surface area contributed by atoms with Crippen LogP contribution in [-0.4, -0.2) is 62.7 Å². The summed E-state index contributed by atoms with van der Waals surface area (Å²) in [5.41, 5.74) is -0.0703. The van der Waals surface area contributed by atoms with Gasteiger partial charge in [0.2, 0.25) is 5.91 Å². The van der Waals surface area contributed by atoms with Gasteiger partial charge in [-0.1, -0.05) is 24.5 Å². The van der Waals surface area contributed by atoms with Crippen LogP contribution in [0.4, 0.5) is 0 Å². The normalized spacial score (nSPS) is 22.5. The van der Waals surface area contributed by atoms with Crippen LogP contribution in [0.15, 0.2) is 6.20 Å². The fraction of sp³-hybridized carbons (Fsp3) is 0.750. The van der Waals surface area contributed by atoms with Gasteiger partial charge in [-0.2, -0.15) is 0 Å². The summed E-state index contributed by atoms with van der Waals surface area (Å²) < 4.78 is 7.33. The first kappa shape index (κ1) is 16.9. The number of nitrogens with zero attached hydrogens (tertiary/aromatic N) is 4. The SMILES string of the molecule is O=C(O)c1cn(C2CCCN(C(=O)COC3CCCCC3)C2)nn1. The molecule has 2 aliphatic rings. The molecular formula is C16H24N4O4. The zero-order valence-corrected chi connectivity index (χ0v) is 13.8. The molecule has 1 amide bonds. The maximum absolute atomic E-state index is 12.4. The first-order valence-corrected chi connectivity index (χ1v) is 8.68. The van der Waals surface area contributed by atoms with Crippen molar-refractivity contribution >= 4 is 11.9 Å². The second-order valence-corrected chi connectivity index (χ2v) is 6.60. The maximum atomic E-state index is 12.4. The Bertz CT molecular complexity index is 582. The van der Waals surface area contributed by atoms with E-state index >= 15 is 0 Å². The lowest BCUT2D eigenvalue weighted by Crippen LogP contribution is -2.43. The number of carbonyl (C=O) groups excluding carboxylic acids is 1. The summed E-state index contributed by atoms with van der Waals surface area (Å²) in [5, 5.41) is 16.5. The van der Waals surface area contributed by atoms with Crippen molar-refractivity contribution in [3.05, 3.63) is 11.9 Å². The smallest absolute Gasteiger partial charge is 0.358 e. The topological polar surface area (TPSA) is 97.5 Å². The van der Waals surface area contributed by atoms with Crippen molar-refractivity contribution in [2.75, 3.05) is 19.7 Å². The molecule has 24 heavy (non-hydrogen) atoms. The van der Waals surface area contributed by atoms with Crippen LogP contribution in [0.2, 0.25) is 0 Å². The molecule has 1 aromatic rings. The van der Waals surface area contributed by atoms with Crippen LogP contribution in [0.5, 0.6) is 0 Å². The third-order valence-electron chi connectivity index (χ3n) is 4.85. The Morgan fingerprint density at radius 2 is 2.00 bits per heavy atom. The first-order chi connectivity index (χ1) is 11.6. The van der Waals surface area contributed by atoms with Crippen molar-refractivity contribution in [2.24, 2.45) is 0 Å². The van der Waals surface area contributed by atoms with E-state index in [1.165, 1.54) is 25.5 Å². The highest BCUT2D eigenvalue weighted by Gasteiger charge is 2.27. The average molecular weight is 336 g/mol. The Balaban J connectivity index is 1.52. The highest BCUT2D eigenvalue weighted by molar-refractivity contribution is 5.84. The van der Waals surface area contributed by atoms with Crippen LogP contribution < -0.4 is 0 Å². The highest BCUT2D eigenvalue weighted by atomic mass is 16.5. The van der Waals surface area contributed by atoms with E-state index in [9.17, 15) is 9.59 Å². The van der Waals surface area contributed by atoms with Gasteiger partial charge in [-0.05, 0) is 25.7 Å². The van der Waals surface area contributed by atoms with Gasteiger partial charge >= 0.3 is 5.97 Å². The Labute approximate surface area is 140 Å². The Morgan fingerprint density at radius 3 is 2.71 bits per heavy atom. The zero-order chi connectivity index (χ0) is 16.9. The van der Waals surface area contributed by atoms with Crippen LogP contribution >= 0.6 is 0 Å². The molecule has 1 aliphatic heterocycles. The minimum Gasteiger partial charge on any atom is -0.476 e. The van der Waals surface area contributed by atoms with Gasteiger partial charge in [-0.25, -0.2) is 9.48 Å². The fourth-order valence-corrected chi connectivity index (χ4v) is 3.46. The third kappa shape index (κ3) is 4.11. The van der Waals surface area contributed by atoms with Gasteiger partial charge in [0.1, 0.15) is 6.61 Å². The van der Waals surface area contributed by atoms with Crippen LogP contribution in [0.3, 0.4) is 0 Å². The molecule has 1 saturated heterocycles. The van der Waals surface area contributed by atoms with E-state index in [2.05, 4.69) is 10.3 Å². The number of carboxylic acid groups (broad SMARTS) is 1. The monoisotopic (exact) mass is 336 g/mol. The van der Waals surface area contributed by atoms with E-state index in [1.54, 1.807) is 9.58 Å². The average Bonchev–Trinajstić information content (AvgIpc) is 3.11. The van der Waals surface area contributed by atoms with E-state index < -0.39 is 5.97 Å². The van der Waals surface area contributed by atoms with Crippen molar-refractivity contribution in [3.63, 3.8) is 0 Å². The van der Waals surface area contributed by atoms with Crippen molar-refractivity contribution in [3.8, 4) is 0 Å². The molecule has 132 valence electrons. The van der Waals surface area contributed by atoms with Gasteiger partial charge in [0.25, 0.3) is 0 Å². The molecule has 0 radical (unpaired) electrons. The summed E-state index contributed by atoms with van der Waals surface area (Å²) in [7, 11) is 0. The van der Waals surface area contributed by atoms with Gasteiger partial charge < -0.3 is 14.7 Å². The number of aromatic carboxylic acids is 1. The fourth-order valence-electron chi connectivity index (χ4n) is 3.46. The molecule has 2 heterocycles. The number of carboxylic acids is 1. The van der Waals surface area contributed by atoms with Gasteiger partial charge in [-0.3, -0.25) is 4.79 Å². The molecule has 8 nitrogen and oxygen atoms in total. The molecule has 2 fully saturated rings. The van der Waals surface area contributed by atoms with Crippen molar-refractivity contribution in [1.82, 2.24) is 19.9 Å². The first-order valence-electron chi connectivity index (χ1n) is 8.68. The van der Waals surface area contributed by atoms with E-state index in [0.717, 1.165) is 25.7 Å².